The molecule has 4 rings (SSSR count). The van der Waals surface area contributed by atoms with Crippen molar-refractivity contribution in [3.63, 3.8) is 0 Å². The first kappa shape index (κ1) is 24.6. The fourth-order valence-electron chi connectivity index (χ4n) is 4.06. The molecule has 9 heteroatoms. The molecule has 1 N–H and O–H groups in total. The van der Waals surface area contributed by atoms with Crippen LogP contribution in [0.4, 0.5) is 8.78 Å². The summed E-state index contributed by atoms with van der Waals surface area (Å²) in [7, 11) is 0. The molecule has 0 aliphatic rings. The number of esters is 1. The Morgan fingerprint density at radius 2 is 1.74 bits per heavy atom. The molecule has 0 saturated heterocycles. The Bertz CT molecular complexity index is 1390. The number of halogens is 3. The van der Waals surface area contributed by atoms with Crippen LogP contribution in [0.15, 0.2) is 48.7 Å². The summed E-state index contributed by atoms with van der Waals surface area (Å²) in [6, 6.07) is 12.1. The zero-order valence-corrected chi connectivity index (χ0v) is 19.9. The Morgan fingerprint density at radius 1 is 1.03 bits per heavy atom. The molecular weight excluding hydrogens is 480 g/mol. The molecule has 4 aromatic rings. The maximum atomic E-state index is 13.1. The number of aromatic nitrogens is 1. The predicted octanol–water partition coefficient (Wildman–Crippen LogP) is 6.29. The summed E-state index contributed by atoms with van der Waals surface area (Å²) in [6.07, 6.45) is -1.01. The van der Waals surface area contributed by atoms with Gasteiger partial charge in [-0.15, -0.1) is 0 Å². The first-order chi connectivity index (χ1) is 16.8. The first-order valence-electron chi connectivity index (χ1n) is 11.1. The summed E-state index contributed by atoms with van der Waals surface area (Å²) >= 11 is 6.53. The summed E-state index contributed by atoms with van der Waals surface area (Å²) in [5, 5.41) is 13.5. The second-order valence-electron chi connectivity index (χ2n) is 7.72. The number of aromatic hydroxyl groups is 1. The smallest absolute Gasteiger partial charge is 0.310 e. The zero-order chi connectivity index (χ0) is 25.1. The van der Waals surface area contributed by atoms with Gasteiger partial charge in [0.25, 0.3) is 6.43 Å². The Kier molecular flexibility index (Phi) is 7.31. The average molecular weight is 504 g/mol. The molecular formula is C26H24ClF2NO5. The molecule has 0 aliphatic heterocycles. The van der Waals surface area contributed by atoms with Crippen LogP contribution in [0, 0.1) is 0 Å². The molecule has 0 amide bonds. The van der Waals surface area contributed by atoms with Crippen LogP contribution >= 0.6 is 11.6 Å². The highest BCUT2D eigenvalue weighted by molar-refractivity contribution is 6.32. The van der Waals surface area contributed by atoms with Crippen molar-refractivity contribution in [1.82, 2.24) is 4.57 Å². The molecule has 0 aliphatic carbocycles. The van der Waals surface area contributed by atoms with Crippen molar-refractivity contribution in [2.75, 3.05) is 19.8 Å². The third kappa shape index (κ3) is 4.84. The minimum absolute atomic E-state index is 0.0545. The maximum Gasteiger partial charge on any atom is 0.310 e. The molecule has 0 fully saturated rings. The van der Waals surface area contributed by atoms with Crippen LogP contribution < -0.4 is 9.47 Å². The largest absolute Gasteiger partial charge is 0.494 e. The van der Waals surface area contributed by atoms with Gasteiger partial charge in [-0.1, -0.05) is 41.9 Å². The van der Waals surface area contributed by atoms with Crippen LogP contribution in [0.3, 0.4) is 0 Å². The number of carbonyl (C=O) groups excluding carboxylic acids is 1. The van der Waals surface area contributed by atoms with Crippen LogP contribution in [0.2, 0.25) is 5.02 Å². The topological polar surface area (TPSA) is 69.9 Å². The van der Waals surface area contributed by atoms with E-state index in [4.69, 9.17) is 25.8 Å². The number of rotatable bonds is 9. The SMILES string of the molecule is CCOC(=O)Cc1ccc(-n2cc3c(OCC)c4ccccc4c(OCC(F)F)c3c2O)c(Cl)c1. The highest BCUT2D eigenvalue weighted by Crippen LogP contribution is 2.48. The molecule has 35 heavy (non-hydrogen) atoms. The zero-order valence-electron chi connectivity index (χ0n) is 19.2. The van der Waals surface area contributed by atoms with E-state index in [2.05, 4.69) is 0 Å². The molecule has 3 aromatic carbocycles. The summed E-state index contributed by atoms with van der Waals surface area (Å²) < 4.78 is 44.0. The van der Waals surface area contributed by atoms with Crippen molar-refractivity contribution in [3.05, 3.63) is 59.2 Å². The van der Waals surface area contributed by atoms with Gasteiger partial charge in [0.05, 0.1) is 41.1 Å². The van der Waals surface area contributed by atoms with Gasteiger partial charge in [-0.2, -0.15) is 0 Å². The molecule has 184 valence electrons. The van der Waals surface area contributed by atoms with E-state index in [1.165, 1.54) is 4.57 Å². The second-order valence-corrected chi connectivity index (χ2v) is 8.13. The number of fused-ring (bicyclic) bond motifs is 2. The van der Waals surface area contributed by atoms with Crippen molar-refractivity contribution in [2.45, 2.75) is 26.7 Å². The standard InChI is InChI=1S/C26H24ClF2NO5/c1-3-33-22(31)12-15-9-10-20(19(27)11-15)30-13-18-23(26(30)32)25(35-14-21(28)29)17-8-6-5-7-16(17)24(18)34-4-2/h5-11,13,21,32H,3-4,12,14H2,1-2H3. The molecule has 0 saturated carbocycles. The van der Waals surface area contributed by atoms with E-state index in [9.17, 15) is 18.7 Å². The number of nitrogens with zero attached hydrogens (tertiary/aromatic N) is 1. The Balaban J connectivity index is 1.92. The number of alkyl halides is 2. The van der Waals surface area contributed by atoms with Gasteiger partial charge in [0.2, 0.25) is 5.88 Å². The van der Waals surface area contributed by atoms with E-state index >= 15 is 0 Å². The number of hydrogen-bond donors (Lipinski definition) is 1. The van der Waals surface area contributed by atoms with E-state index in [0.29, 0.717) is 39.8 Å². The lowest BCUT2D eigenvalue weighted by molar-refractivity contribution is -0.142. The van der Waals surface area contributed by atoms with Crippen LogP contribution in [-0.2, 0) is 16.0 Å². The summed E-state index contributed by atoms with van der Waals surface area (Å²) in [4.78, 5) is 11.8. The Morgan fingerprint density at radius 3 is 2.37 bits per heavy atom. The summed E-state index contributed by atoms with van der Waals surface area (Å²) in [5.41, 5.74) is 1.08. The first-order valence-corrected chi connectivity index (χ1v) is 11.5. The number of carbonyl (C=O) groups is 1. The molecule has 0 spiro atoms. The van der Waals surface area contributed by atoms with E-state index in [1.807, 2.05) is 13.0 Å². The van der Waals surface area contributed by atoms with E-state index < -0.39 is 13.0 Å². The van der Waals surface area contributed by atoms with Crippen molar-refractivity contribution in [3.8, 4) is 23.1 Å². The van der Waals surface area contributed by atoms with E-state index in [0.717, 1.165) is 0 Å². The molecule has 1 aromatic heterocycles. The van der Waals surface area contributed by atoms with Gasteiger partial charge in [0, 0.05) is 17.0 Å². The van der Waals surface area contributed by atoms with Gasteiger partial charge in [-0.05, 0) is 31.5 Å². The number of hydrogen-bond acceptors (Lipinski definition) is 5. The second kappa shape index (κ2) is 10.4. The Labute approximate surface area is 205 Å². The summed E-state index contributed by atoms with van der Waals surface area (Å²) in [6.45, 7) is 3.36. The van der Waals surface area contributed by atoms with Crippen LogP contribution in [-0.4, -0.2) is 41.9 Å². The maximum absolute atomic E-state index is 13.1. The van der Waals surface area contributed by atoms with E-state index in [-0.39, 0.29) is 41.0 Å². The quantitative estimate of drug-likeness (QED) is 0.272. The number of ether oxygens (including phenoxy) is 3. The van der Waals surface area contributed by atoms with Gasteiger partial charge >= 0.3 is 5.97 Å². The highest BCUT2D eigenvalue weighted by atomic mass is 35.5. The van der Waals surface area contributed by atoms with Crippen LogP contribution in [0.25, 0.3) is 27.2 Å². The lowest BCUT2D eigenvalue weighted by atomic mass is 10.0. The third-order valence-corrected chi connectivity index (χ3v) is 5.74. The normalized spacial score (nSPS) is 11.4. The monoisotopic (exact) mass is 503 g/mol. The minimum Gasteiger partial charge on any atom is -0.494 e. The molecule has 0 atom stereocenters. The summed E-state index contributed by atoms with van der Waals surface area (Å²) in [5.74, 6) is 0.00741. The van der Waals surface area contributed by atoms with E-state index in [1.54, 1.807) is 49.5 Å². The van der Waals surface area contributed by atoms with Crippen molar-refractivity contribution in [2.24, 2.45) is 0 Å². The fraction of sp³-hybridized carbons (Fsp3) is 0.269. The van der Waals surface area contributed by atoms with Crippen molar-refractivity contribution >= 4 is 39.1 Å². The molecule has 6 nitrogen and oxygen atoms in total. The average Bonchev–Trinajstić information content (AvgIpc) is 3.15. The number of benzene rings is 3. The minimum atomic E-state index is -2.69. The van der Waals surface area contributed by atoms with Gasteiger partial charge < -0.3 is 19.3 Å². The van der Waals surface area contributed by atoms with Gasteiger partial charge in [-0.25, -0.2) is 8.78 Å². The van der Waals surface area contributed by atoms with Crippen LogP contribution in [0.5, 0.6) is 17.4 Å². The third-order valence-electron chi connectivity index (χ3n) is 5.44. The predicted molar refractivity (Wildman–Crippen MR) is 130 cm³/mol. The molecule has 0 bridgehead atoms. The van der Waals surface area contributed by atoms with Crippen LogP contribution in [0.1, 0.15) is 19.4 Å². The van der Waals surface area contributed by atoms with Gasteiger partial charge in [0.1, 0.15) is 18.1 Å². The van der Waals surface area contributed by atoms with Crippen molar-refractivity contribution < 1.29 is 32.9 Å². The Hall–Kier alpha value is -3.52. The highest BCUT2D eigenvalue weighted by Gasteiger charge is 2.24. The van der Waals surface area contributed by atoms with Gasteiger partial charge in [0.15, 0.2) is 0 Å². The fourth-order valence-corrected chi connectivity index (χ4v) is 4.36. The lowest BCUT2D eigenvalue weighted by Crippen LogP contribution is -2.08. The van der Waals surface area contributed by atoms with Crippen molar-refractivity contribution in [1.29, 1.82) is 0 Å². The molecule has 1 heterocycles. The molecule has 0 unspecified atom stereocenters. The lowest BCUT2D eigenvalue weighted by Gasteiger charge is -2.15. The van der Waals surface area contributed by atoms with Gasteiger partial charge in [-0.3, -0.25) is 9.36 Å². The molecule has 0 radical (unpaired) electrons.